The topological polar surface area (TPSA) is 46.6 Å². The molecule has 0 aromatic heterocycles. The van der Waals surface area contributed by atoms with Crippen LogP contribution < -0.4 is 0 Å². The Labute approximate surface area is 107 Å². The van der Waals surface area contributed by atoms with Gasteiger partial charge in [-0.1, -0.05) is 11.6 Å². The number of allylic oxidation sites excluding steroid dienone is 1. The van der Waals surface area contributed by atoms with Crippen molar-refractivity contribution in [3.05, 3.63) is 23.3 Å². The molecule has 2 aliphatic rings. The van der Waals surface area contributed by atoms with Crippen molar-refractivity contribution in [2.75, 3.05) is 13.1 Å². The second-order valence-electron chi connectivity index (χ2n) is 5.76. The molecule has 1 aliphatic heterocycles. The molecule has 0 bridgehead atoms. The molecule has 0 saturated carbocycles. The molecule has 4 nitrogen and oxygen atoms in total. The molecule has 0 atom stereocenters. The van der Waals surface area contributed by atoms with Crippen molar-refractivity contribution in [1.29, 1.82) is 0 Å². The molecule has 1 aliphatic carbocycles. The maximum Gasteiger partial charge on any atom is 0.410 e. The van der Waals surface area contributed by atoms with E-state index in [1.807, 2.05) is 26.8 Å². The van der Waals surface area contributed by atoms with E-state index in [1.54, 1.807) is 11.0 Å². The highest BCUT2D eigenvalue weighted by Gasteiger charge is 2.27. The Balaban J connectivity index is 2.03. The summed E-state index contributed by atoms with van der Waals surface area (Å²) in [5.74, 6) is 0.152. The summed E-state index contributed by atoms with van der Waals surface area (Å²) in [5, 5.41) is 0. The summed E-state index contributed by atoms with van der Waals surface area (Å²) in [4.78, 5) is 24.9. The minimum atomic E-state index is -0.468. The summed E-state index contributed by atoms with van der Waals surface area (Å²) in [6, 6.07) is 0. The van der Waals surface area contributed by atoms with Gasteiger partial charge in [-0.15, -0.1) is 0 Å². The Morgan fingerprint density at radius 3 is 2.72 bits per heavy atom. The van der Waals surface area contributed by atoms with E-state index in [0.717, 1.165) is 12.0 Å². The summed E-state index contributed by atoms with van der Waals surface area (Å²) >= 11 is 0. The lowest BCUT2D eigenvalue weighted by atomic mass is 9.91. The van der Waals surface area contributed by atoms with Crippen LogP contribution in [0.4, 0.5) is 4.79 Å². The maximum atomic E-state index is 11.9. The predicted octanol–water partition coefficient (Wildman–Crippen LogP) is 2.45. The Morgan fingerprint density at radius 1 is 1.33 bits per heavy atom. The second kappa shape index (κ2) is 4.59. The molecule has 1 heterocycles. The molecule has 2 rings (SSSR count). The van der Waals surface area contributed by atoms with Crippen LogP contribution in [0.2, 0.25) is 0 Å². The molecule has 0 fully saturated rings. The molecule has 0 saturated heterocycles. The van der Waals surface area contributed by atoms with Crippen molar-refractivity contribution in [3.63, 3.8) is 0 Å². The highest BCUT2D eigenvalue weighted by atomic mass is 16.6. The highest BCUT2D eigenvalue weighted by molar-refractivity contribution is 5.93. The summed E-state index contributed by atoms with van der Waals surface area (Å²) in [5.41, 5.74) is 1.79. The van der Waals surface area contributed by atoms with Gasteiger partial charge in [-0.2, -0.15) is 0 Å². The molecule has 4 heteroatoms. The lowest BCUT2D eigenvalue weighted by Crippen LogP contribution is -2.41. The molecule has 1 amide bonds. The van der Waals surface area contributed by atoms with E-state index in [2.05, 4.69) is 0 Å². The van der Waals surface area contributed by atoms with Crippen molar-refractivity contribution >= 4 is 11.9 Å². The van der Waals surface area contributed by atoms with Crippen molar-refractivity contribution in [2.45, 2.75) is 39.2 Å². The van der Waals surface area contributed by atoms with Gasteiger partial charge in [0, 0.05) is 19.5 Å². The fourth-order valence-corrected chi connectivity index (χ4v) is 2.14. The Kier molecular flexibility index (Phi) is 3.28. The van der Waals surface area contributed by atoms with Crippen LogP contribution in [0.5, 0.6) is 0 Å². The maximum absolute atomic E-state index is 11.9. The molecule has 0 spiro atoms. The third-order valence-corrected chi connectivity index (χ3v) is 3.01. The van der Waals surface area contributed by atoms with Crippen molar-refractivity contribution < 1.29 is 14.3 Å². The summed E-state index contributed by atoms with van der Waals surface area (Å²) in [6.45, 7) is 6.76. The quantitative estimate of drug-likeness (QED) is 0.662. The smallest absolute Gasteiger partial charge is 0.410 e. The van der Waals surface area contributed by atoms with E-state index in [4.69, 9.17) is 4.74 Å². The van der Waals surface area contributed by atoms with Crippen molar-refractivity contribution in [1.82, 2.24) is 4.90 Å². The van der Waals surface area contributed by atoms with Gasteiger partial charge >= 0.3 is 6.09 Å². The van der Waals surface area contributed by atoms with E-state index in [9.17, 15) is 9.59 Å². The van der Waals surface area contributed by atoms with E-state index in [1.165, 1.54) is 5.57 Å². The predicted molar refractivity (Wildman–Crippen MR) is 68.2 cm³/mol. The van der Waals surface area contributed by atoms with Gasteiger partial charge in [0.2, 0.25) is 0 Å². The number of carbonyl (C=O) groups excluding carboxylic acids is 2. The van der Waals surface area contributed by atoms with Crippen LogP contribution in [0.1, 0.15) is 33.6 Å². The van der Waals surface area contributed by atoms with Gasteiger partial charge < -0.3 is 9.64 Å². The average Bonchev–Trinajstić information content (AvgIpc) is 2.26. The fraction of sp³-hybridized carbons (Fsp3) is 0.571. The normalized spacial score (nSPS) is 19.9. The summed E-state index contributed by atoms with van der Waals surface area (Å²) in [6.07, 6.45) is 4.42. The van der Waals surface area contributed by atoms with Crippen LogP contribution in [0.15, 0.2) is 23.3 Å². The Morgan fingerprint density at radius 2 is 2.06 bits per heavy atom. The average molecular weight is 249 g/mol. The number of ketones is 1. The number of nitrogens with zero attached hydrogens (tertiary/aromatic N) is 1. The van der Waals surface area contributed by atoms with Gasteiger partial charge in [0.25, 0.3) is 0 Å². The third kappa shape index (κ3) is 3.00. The van der Waals surface area contributed by atoms with Gasteiger partial charge in [0.05, 0.1) is 0 Å². The van der Waals surface area contributed by atoms with E-state index in [-0.39, 0.29) is 11.9 Å². The van der Waals surface area contributed by atoms with Crippen molar-refractivity contribution in [2.24, 2.45) is 0 Å². The van der Waals surface area contributed by atoms with Crippen LogP contribution in [0.25, 0.3) is 0 Å². The van der Waals surface area contributed by atoms with Crippen LogP contribution in [0, 0.1) is 0 Å². The molecule has 98 valence electrons. The molecule has 0 radical (unpaired) electrons. The standard InChI is InChI=1S/C14H19NO3/c1-14(2,3)18-13(17)15-7-6-10-8-12(16)5-4-11(10)9-15/h4-5H,6-9H2,1-3H3. The molecule has 0 unspecified atom stereocenters. The summed E-state index contributed by atoms with van der Waals surface area (Å²) < 4.78 is 5.35. The minimum Gasteiger partial charge on any atom is -0.444 e. The summed E-state index contributed by atoms with van der Waals surface area (Å²) in [7, 11) is 0. The number of rotatable bonds is 0. The first-order chi connectivity index (χ1) is 8.35. The van der Waals surface area contributed by atoms with Crippen LogP contribution in [-0.4, -0.2) is 35.5 Å². The first-order valence-electron chi connectivity index (χ1n) is 6.25. The highest BCUT2D eigenvalue weighted by Crippen LogP contribution is 2.26. The monoisotopic (exact) mass is 249 g/mol. The van der Waals surface area contributed by atoms with Gasteiger partial charge in [-0.3, -0.25) is 4.79 Å². The number of carbonyl (C=O) groups is 2. The van der Waals surface area contributed by atoms with Gasteiger partial charge in [0.1, 0.15) is 5.60 Å². The molecule has 0 aromatic rings. The zero-order valence-electron chi connectivity index (χ0n) is 11.2. The first-order valence-corrected chi connectivity index (χ1v) is 6.25. The number of hydrogen-bond acceptors (Lipinski definition) is 3. The largest absolute Gasteiger partial charge is 0.444 e. The molecular formula is C14H19NO3. The van der Waals surface area contributed by atoms with Crippen LogP contribution >= 0.6 is 0 Å². The van der Waals surface area contributed by atoms with Crippen LogP contribution in [-0.2, 0) is 9.53 Å². The fourth-order valence-electron chi connectivity index (χ4n) is 2.14. The lowest BCUT2D eigenvalue weighted by molar-refractivity contribution is -0.114. The minimum absolute atomic E-state index is 0.152. The Hall–Kier alpha value is -1.58. The van der Waals surface area contributed by atoms with Crippen molar-refractivity contribution in [3.8, 4) is 0 Å². The third-order valence-electron chi connectivity index (χ3n) is 3.01. The SMILES string of the molecule is CC(C)(C)OC(=O)N1CCC2=C(C=CC(=O)C2)C1. The number of amides is 1. The molecule has 0 aromatic carbocycles. The number of hydrogen-bond donors (Lipinski definition) is 0. The zero-order chi connectivity index (χ0) is 13.3. The first kappa shape index (κ1) is 12.9. The van der Waals surface area contributed by atoms with E-state index in [0.29, 0.717) is 19.5 Å². The molecular weight excluding hydrogens is 230 g/mol. The van der Waals surface area contributed by atoms with Crippen LogP contribution in [0.3, 0.4) is 0 Å². The van der Waals surface area contributed by atoms with Gasteiger partial charge in [-0.25, -0.2) is 4.79 Å². The zero-order valence-corrected chi connectivity index (χ0v) is 11.2. The Bertz CT molecular complexity index is 440. The van der Waals surface area contributed by atoms with E-state index >= 15 is 0 Å². The molecule has 0 N–H and O–H groups in total. The molecule has 18 heavy (non-hydrogen) atoms. The lowest BCUT2D eigenvalue weighted by Gasteiger charge is -2.32. The van der Waals surface area contributed by atoms with Gasteiger partial charge in [0.15, 0.2) is 5.78 Å². The van der Waals surface area contributed by atoms with E-state index < -0.39 is 5.60 Å². The van der Waals surface area contributed by atoms with Gasteiger partial charge in [-0.05, 0) is 38.8 Å². The number of ether oxygens (including phenoxy) is 1. The second-order valence-corrected chi connectivity index (χ2v) is 5.76.